The lowest BCUT2D eigenvalue weighted by Gasteiger charge is -2.26. The van der Waals surface area contributed by atoms with Gasteiger partial charge in [-0.1, -0.05) is 60.7 Å². The average molecular weight is 444 g/mol. The van der Waals surface area contributed by atoms with Gasteiger partial charge in [-0.2, -0.15) is 0 Å². The van der Waals surface area contributed by atoms with Crippen LogP contribution in [-0.2, 0) is 4.74 Å². The molecule has 0 spiro atoms. The van der Waals surface area contributed by atoms with Gasteiger partial charge in [0.2, 0.25) is 0 Å². The number of nitrogens with zero attached hydrogens (tertiary/aromatic N) is 1. The third kappa shape index (κ3) is 6.10. The lowest BCUT2D eigenvalue weighted by atomic mass is 9.85. The van der Waals surface area contributed by atoms with E-state index in [1.165, 1.54) is 0 Å². The molecule has 0 bridgehead atoms. The molecule has 0 amide bonds. The Morgan fingerprint density at radius 2 is 1.45 bits per heavy atom. The van der Waals surface area contributed by atoms with E-state index in [0.29, 0.717) is 13.0 Å². The van der Waals surface area contributed by atoms with Gasteiger partial charge in [0.15, 0.2) is 5.78 Å². The molecule has 0 atom stereocenters. The lowest BCUT2D eigenvalue weighted by molar-refractivity contribution is 0.0322. The molecule has 1 aliphatic rings. The van der Waals surface area contributed by atoms with Crippen molar-refractivity contribution in [2.45, 2.75) is 26.2 Å². The van der Waals surface area contributed by atoms with Crippen molar-refractivity contribution >= 4 is 5.78 Å². The fraction of sp³-hybridized carbons (Fsp3) is 0.345. The molecule has 172 valence electrons. The summed E-state index contributed by atoms with van der Waals surface area (Å²) in [5, 5.41) is 0. The Balaban J connectivity index is 1.46. The Morgan fingerprint density at radius 3 is 2.00 bits per heavy atom. The van der Waals surface area contributed by atoms with Crippen molar-refractivity contribution < 1.29 is 14.3 Å². The molecular formula is C29H33NO3. The first-order valence-electron chi connectivity index (χ1n) is 11.8. The van der Waals surface area contributed by atoms with E-state index in [2.05, 4.69) is 29.2 Å². The second-order valence-electron chi connectivity index (χ2n) is 8.74. The minimum atomic E-state index is 0.0324. The first kappa shape index (κ1) is 23.2. The predicted octanol–water partition coefficient (Wildman–Crippen LogP) is 5.42. The number of rotatable bonds is 9. The maximum absolute atomic E-state index is 13.4. The van der Waals surface area contributed by atoms with E-state index in [-0.39, 0.29) is 11.7 Å². The topological polar surface area (TPSA) is 38.8 Å². The van der Waals surface area contributed by atoms with Gasteiger partial charge >= 0.3 is 0 Å². The summed E-state index contributed by atoms with van der Waals surface area (Å²) < 4.78 is 11.5. The smallest absolute Gasteiger partial charge is 0.163 e. The Kier molecular flexibility index (Phi) is 7.92. The Hall–Kier alpha value is -2.95. The minimum Gasteiger partial charge on any atom is -0.492 e. The van der Waals surface area contributed by atoms with Crippen molar-refractivity contribution in [1.82, 2.24) is 4.90 Å². The van der Waals surface area contributed by atoms with Crippen LogP contribution in [0, 0.1) is 13.8 Å². The zero-order chi connectivity index (χ0) is 23.0. The molecule has 1 heterocycles. The van der Waals surface area contributed by atoms with Crippen LogP contribution in [0.15, 0.2) is 72.8 Å². The molecule has 1 saturated heterocycles. The number of benzene rings is 3. The zero-order valence-electron chi connectivity index (χ0n) is 19.6. The van der Waals surface area contributed by atoms with E-state index in [1.54, 1.807) is 0 Å². The monoisotopic (exact) mass is 443 g/mol. The van der Waals surface area contributed by atoms with Gasteiger partial charge in [-0.3, -0.25) is 9.69 Å². The number of carbonyl (C=O) groups excluding carboxylic acids is 1. The van der Waals surface area contributed by atoms with Gasteiger partial charge in [0, 0.05) is 37.5 Å². The maximum atomic E-state index is 13.4. The van der Waals surface area contributed by atoms with E-state index in [1.807, 2.05) is 62.4 Å². The van der Waals surface area contributed by atoms with Gasteiger partial charge in [-0.05, 0) is 48.2 Å². The van der Waals surface area contributed by atoms with Crippen molar-refractivity contribution in [3.05, 3.63) is 101 Å². The summed E-state index contributed by atoms with van der Waals surface area (Å²) in [7, 11) is 0. The van der Waals surface area contributed by atoms with Gasteiger partial charge in [0.05, 0.1) is 13.2 Å². The molecule has 1 aliphatic heterocycles. The van der Waals surface area contributed by atoms with Crippen LogP contribution in [0.25, 0.3) is 0 Å². The number of ether oxygens (including phenoxy) is 2. The quantitative estimate of drug-likeness (QED) is 0.414. The van der Waals surface area contributed by atoms with Crippen LogP contribution in [-0.4, -0.2) is 50.1 Å². The molecule has 4 nitrogen and oxygen atoms in total. The van der Waals surface area contributed by atoms with Crippen LogP contribution in [0.4, 0.5) is 0 Å². The van der Waals surface area contributed by atoms with Crippen LogP contribution < -0.4 is 4.74 Å². The normalized spacial score (nSPS) is 14.4. The summed E-state index contributed by atoms with van der Waals surface area (Å²) in [6.07, 6.45) is 0.435. The second-order valence-corrected chi connectivity index (χ2v) is 8.74. The molecule has 0 aliphatic carbocycles. The number of Topliss-reactive ketones (excluding diaryl/α,β-unsaturated/α-hetero) is 1. The largest absolute Gasteiger partial charge is 0.492 e. The first-order valence-corrected chi connectivity index (χ1v) is 11.8. The molecule has 0 unspecified atom stereocenters. The van der Waals surface area contributed by atoms with E-state index in [0.717, 1.165) is 66.4 Å². The van der Waals surface area contributed by atoms with Crippen LogP contribution >= 0.6 is 0 Å². The van der Waals surface area contributed by atoms with E-state index < -0.39 is 0 Å². The maximum Gasteiger partial charge on any atom is 0.163 e. The van der Waals surface area contributed by atoms with Gasteiger partial charge in [-0.25, -0.2) is 0 Å². The Bertz CT molecular complexity index is 980. The molecule has 4 heteroatoms. The number of hydrogen-bond acceptors (Lipinski definition) is 4. The highest BCUT2D eigenvalue weighted by Gasteiger charge is 2.20. The second kappa shape index (κ2) is 11.3. The van der Waals surface area contributed by atoms with Crippen LogP contribution in [0.3, 0.4) is 0 Å². The Morgan fingerprint density at radius 1 is 0.909 bits per heavy atom. The molecule has 0 N–H and O–H groups in total. The van der Waals surface area contributed by atoms with E-state index in [4.69, 9.17) is 9.47 Å². The van der Waals surface area contributed by atoms with Crippen molar-refractivity contribution in [2.75, 3.05) is 39.5 Å². The molecule has 1 fully saturated rings. The number of ketones is 1. The highest BCUT2D eigenvalue weighted by atomic mass is 16.5. The van der Waals surface area contributed by atoms with E-state index >= 15 is 0 Å². The third-order valence-corrected chi connectivity index (χ3v) is 6.33. The molecule has 33 heavy (non-hydrogen) atoms. The average Bonchev–Trinajstić information content (AvgIpc) is 2.85. The number of aryl methyl sites for hydroxylation is 2. The minimum absolute atomic E-state index is 0.0324. The number of carbonyl (C=O) groups is 1. The van der Waals surface area contributed by atoms with Crippen LogP contribution in [0.1, 0.15) is 45.0 Å². The molecule has 4 rings (SSSR count). The van der Waals surface area contributed by atoms with Crippen LogP contribution in [0.5, 0.6) is 5.75 Å². The summed E-state index contributed by atoms with van der Waals surface area (Å²) in [5.41, 5.74) is 5.09. The molecule has 0 aromatic heterocycles. The number of hydrogen-bond donors (Lipinski definition) is 0. The van der Waals surface area contributed by atoms with Crippen molar-refractivity contribution in [2.24, 2.45) is 0 Å². The molecular weight excluding hydrogens is 410 g/mol. The summed E-state index contributed by atoms with van der Waals surface area (Å²) in [6.45, 7) is 9.08. The predicted molar refractivity (Wildman–Crippen MR) is 132 cm³/mol. The van der Waals surface area contributed by atoms with Gasteiger partial charge in [-0.15, -0.1) is 0 Å². The standard InChI is InChI=1S/C29H33NO3/c1-22-19-26(20-23(2)29(22)33-18-15-30-13-16-32-17-14-30)28(31)21-27(24-9-5-3-6-10-24)25-11-7-4-8-12-25/h3-12,19-20,27H,13-18,21H2,1-2H3. The van der Waals surface area contributed by atoms with Crippen LogP contribution in [0.2, 0.25) is 0 Å². The summed E-state index contributed by atoms with van der Waals surface area (Å²) in [6, 6.07) is 24.5. The summed E-state index contributed by atoms with van der Waals surface area (Å²) >= 11 is 0. The molecule has 0 saturated carbocycles. The Labute approximate surface area is 197 Å². The van der Waals surface area contributed by atoms with Gasteiger partial charge < -0.3 is 9.47 Å². The third-order valence-electron chi connectivity index (χ3n) is 6.33. The van der Waals surface area contributed by atoms with Gasteiger partial charge in [0.25, 0.3) is 0 Å². The highest BCUT2D eigenvalue weighted by Crippen LogP contribution is 2.31. The fourth-order valence-corrected chi connectivity index (χ4v) is 4.54. The molecule has 3 aromatic carbocycles. The molecule has 3 aromatic rings. The zero-order valence-corrected chi connectivity index (χ0v) is 19.6. The SMILES string of the molecule is Cc1cc(C(=O)CC(c2ccccc2)c2ccccc2)cc(C)c1OCCN1CCOCC1. The van der Waals surface area contributed by atoms with Crippen molar-refractivity contribution in [3.63, 3.8) is 0 Å². The summed E-state index contributed by atoms with van der Waals surface area (Å²) in [5.74, 6) is 1.08. The fourth-order valence-electron chi connectivity index (χ4n) is 4.54. The first-order chi connectivity index (χ1) is 16.1. The van der Waals surface area contributed by atoms with Crippen molar-refractivity contribution in [3.8, 4) is 5.75 Å². The number of morpholine rings is 1. The van der Waals surface area contributed by atoms with Crippen molar-refractivity contribution in [1.29, 1.82) is 0 Å². The molecule has 0 radical (unpaired) electrons. The highest BCUT2D eigenvalue weighted by molar-refractivity contribution is 5.97. The summed E-state index contributed by atoms with van der Waals surface area (Å²) in [4.78, 5) is 15.7. The van der Waals surface area contributed by atoms with E-state index in [9.17, 15) is 4.79 Å². The lowest BCUT2D eigenvalue weighted by Crippen LogP contribution is -2.38. The van der Waals surface area contributed by atoms with Gasteiger partial charge in [0.1, 0.15) is 12.4 Å².